The van der Waals surface area contributed by atoms with E-state index in [-0.39, 0.29) is 0 Å². The molecule has 0 amide bonds. The Bertz CT molecular complexity index is 318. The first-order chi connectivity index (χ1) is 6.88. The van der Waals surface area contributed by atoms with E-state index in [1.165, 1.54) is 25.1 Å². The van der Waals surface area contributed by atoms with Crippen molar-refractivity contribution in [1.29, 1.82) is 0 Å². The SMILES string of the molecule is O=Cc1cccc(CCN2CCC2)c1. The Morgan fingerprint density at radius 1 is 1.36 bits per heavy atom. The van der Waals surface area contributed by atoms with Crippen molar-refractivity contribution in [1.82, 2.24) is 4.90 Å². The van der Waals surface area contributed by atoms with Crippen LogP contribution in [0, 0.1) is 0 Å². The van der Waals surface area contributed by atoms with Gasteiger partial charge in [-0.25, -0.2) is 0 Å². The van der Waals surface area contributed by atoms with Crippen LogP contribution in [0.5, 0.6) is 0 Å². The second-order valence-electron chi connectivity index (χ2n) is 3.81. The molecule has 1 saturated heterocycles. The lowest BCUT2D eigenvalue weighted by Crippen LogP contribution is -2.38. The molecule has 1 aromatic rings. The molecule has 1 heterocycles. The molecule has 2 nitrogen and oxygen atoms in total. The van der Waals surface area contributed by atoms with Gasteiger partial charge in [0.2, 0.25) is 0 Å². The Balaban J connectivity index is 1.90. The van der Waals surface area contributed by atoms with Crippen LogP contribution in [-0.2, 0) is 6.42 Å². The van der Waals surface area contributed by atoms with Gasteiger partial charge < -0.3 is 4.90 Å². The molecule has 14 heavy (non-hydrogen) atoms. The molecule has 0 aromatic heterocycles. The van der Waals surface area contributed by atoms with Crippen LogP contribution in [0.15, 0.2) is 24.3 Å². The highest BCUT2D eigenvalue weighted by Gasteiger charge is 2.12. The summed E-state index contributed by atoms with van der Waals surface area (Å²) in [5.41, 5.74) is 2.05. The number of carbonyl (C=O) groups excluding carboxylic acids is 1. The number of carbonyl (C=O) groups is 1. The minimum Gasteiger partial charge on any atom is -0.303 e. The maximum atomic E-state index is 10.6. The van der Waals surface area contributed by atoms with Crippen molar-refractivity contribution >= 4 is 6.29 Å². The Hall–Kier alpha value is -1.15. The first-order valence-corrected chi connectivity index (χ1v) is 5.15. The lowest BCUT2D eigenvalue weighted by molar-refractivity contribution is 0.112. The summed E-state index contributed by atoms with van der Waals surface area (Å²) in [6.45, 7) is 3.61. The van der Waals surface area contributed by atoms with Gasteiger partial charge in [-0.3, -0.25) is 4.79 Å². The topological polar surface area (TPSA) is 20.3 Å². The monoisotopic (exact) mass is 189 g/mol. The number of likely N-dealkylation sites (tertiary alicyclic amines) is 1. The van der Waals surface area contributed by atoms with E-state index in [0.717, 1.165) is 24.8 Å². The summed E-state index contributed by atoms with van der Waals surface area (Å²) < 4.78 is 0. The molecule has 0 radical (unpaired) electrons. The molecule has 1 aromatic carbocycles. The smallest absolute Gasteiger partial charge is 0.150 e. The summed E-state index contributed by atoms with van der Waals surface area (Å²) in [6.07, 6.45) is 3.31. The molecule has 74 valence electrons. The zero-order valence-corrected chi connectivity index (χ0v) is 8.28. The third-order valence-corrected chi connectivity index (χ3v) is 2.75. The standard InChI is InChI=1S/C12H15NO/c14-10-12-4-1-3-11(9-12)5-8-13-6-2-7-13/h1,3-4,9-10H,2,5-8H2. The maximum absolute atomic E-state index is 10.6. The third kappa shape index (κ3) is 2.20. The molecule has 0 spiro atoms. The molecule has 0 saturated carbocycles. The third-order valence-electron chi connectivity index (χ3n) is 2.75. The van der Waals surface area contributed by atoms with E-state index in [0.29, 0.717) is 0 Å². The van der Waals surface area contributed by atoms with Crippen molar-refractivity contribution in [2.75, 3.05) is 19.6 Å². The Labute approximate surface area is 84.5 Å². The molecule has 0 aliphatic carbocycles. The summed E-state index contributed by atoms with van der Waals surface area (Å²) >= 11 is 0. The molecule has 0 bridgehead atoms. The zero-order chi connectivity index (χ0) is 9.80. The van der Waals surface area contributed by atoms with Crippen molar-refractivity contribution in [2.45, 2.75) is 12.8 Å². The number of hydrogen-bond donors (Lipinski definition) is 0. The summed E-state index contributed by atoms with van der Waals surface area (Å²) in [5, 5.41) is 0. The fraction of sp³-hybridized carbons (Fsp3) is 0.417. The second kappa shape index (κ2) is 4.38. The van der Waals surface area contributed by atoms with E-state index in [1.54, 1.807) is 0 Å². The number of hydrogen-bond acceptors (Lipinski definition) is 2. The van der Waals surface area contributed by atoms with Gasteiger partial charge in [-0.15, -0.1) is 0 Å². The first kappa shape index (κ1) is 9.41. The Morgan fingerprint density at radius 2 is 2.21 bits per heavy atom. The van der Waals surface area contributed by atoms with Crippen LogP contribution in [0.1, 0.15) is 22.3 Å². The van der Waals surface area contributed by atoms with Gasteiger partial charge in [-0.1, -0.05) is 18.2 Å². The molecule has 1 aliphatic rings. The Kier molecular flexibility index (Phi) is 2.94. The van der Waals surface area contributed by atoms with Gasteiger partial charge in [0, 0.05) is 12.1 Å². The predicted molar refractivity (Wildman–Crippen MR) is 56.6 cm³/mol. The van der Waals surface area contributed by atoms with E-state index in [9.17, 15) is 4.79 Å². The van der Waals surface area contributed by atoms with Crippen LogP contribution in [0.3, 0.4) is 0 Å². The van der Waals surface area contributed by atoms with Gasteiger partial charge in [0.1, 0.15) is 6.29 Å². The van der Waals surface area contributed by atoms with Gasteiger partial charge in [-0.05, 0) is 37.6 Å². The van der Waals surface area contributed by atoms with E-state index >= 15 is 0 Å². The van der Waals surface area contributed by atoms with Crippen LogP contribution in [0.4, 0.5) is 0 Å². The fourth-order valence-corrected chi connectivity index (χ4v) is 1.71. The maximum Gasteiger partial charge on any atom is 0.150 e. The normalized spacial score (nSPS) is 16.3. The van der Waals surface area contributed by atoms with Crippen LogP contribution < -0.4 is 0 Å². The number of rotatable bonds is 4. The van der Waals surface area contributed by atoms with Gasteiger partial charge in [0.05, 0.1) is 0 Å². The second-order valence-corrected chi connectivity index (χ2v) is 3.81. The minimum atomic E-state index is 0.783. The quantitative estimate of drug-likeness (QED) is 0.672. The number of aldehydes is 1. The van der Waals surface area contributed by atoms with E-state index in [2.05, 4.69) is 11.0 Å². The Morgan fingerprint density at radius 3 is 2.86 bits per heavy atom. The predicted octanol–water partition coefficient (Wildman–Crippen LogP) is 1.75. The summed E-state index contributed by atoms with van der Waals surface area (Å²) in [4.78, 5) is 13.0. The molecule has 0 atom stereocenters. The van der Waals surface area contributed by atoms with Crippen molar-refractivity contribution in [3.63, 3.8) is 0 Å². The van der Waals surface area contributed by atoms with Crippen LogP contribution in [0.25, 0.3) is 0 Å². The molecule has 0 N–H and O–H groups in total. The fourth-order valence-electron chi connectivity index (χ4n) is 1.71. The average Bonchev–Trinajstić information content (AvgIpc) is 2.16. The van der Waals surface area contributed by atoms with Crippen LogP contribution in [0.2, 0.25) is 0 Å². The molecule has 1 fully saturated rings. The van der Waals surface area contributed by atoms with Crippen molar-refractivity contribution in [2.24, 2.45) is 0 Å². The molecule has 2 heteroatoms. The average molecular weight is 189 g/mol. The lowest BCUT2D eigenvalue weighted by atomic mass is 10.1. The van der Waals surface area contributed by atoms with Crippen LogP contribution >= 0.6 is 0 Å². The largest absolute Gasteiger partial charge is 0.303 e. The van der Waals surface area contributed by atoms with Gasteiger partial charge in [0.25, 0.3) is 0 Å². The van der Waals surface area contributed by atoms with Gasteiger partial charge in [0.15, 0.2) is 0 Å². The zero-order valence-electron chi connectivity index (χ0n) is 8.28. The minimum absolute atomic E-state index is 0.783. The summed E-state index contributed by atoms with van der Waals surface area (Å²) in [5.74, 6) is 0. The number of benzene rings is 1. The highest BCUT2D eigenvalue weighted by atomic mass is 16.1. The van der Waals surface area contributed by atoms with Gasteiger partial charge >= 0.3 is 0 Å². The van der Waals surface area contributed by atoms with Gasteiger partial charge in [-0.2, -0.15) is 0 Å². The van der Waals surface area contributed by atoms with Crippen molar-refractivity contribution in [3.8, 4) is 0 Å². The highest BCUT2D eigenvalue weighted by Crippen LogP contribution is 2.09. The molecule has 1 aliphatic heterocycles. The summed E-state index contributed by atoms with van der Waals surface area (Å²) in [6, 6.07) is 7.87. The lowest BCUT2D eigenvalue weighted by Gasteiger charge is -2.30. The molecular weight excluding hydrogens is 174 g/mol. The van der Waals surface area contributed by atoms with E-state index < -0.39 is 0 Å². The molecule has 2 rings (SSSR count). The van der Waals surface area contributed by atoms with Crippen molar-refractivity contribution < 1.29 is 4.79 Å². The molecular formula is C12H15NO. The van der Waals surface area contributed by atoms with E-state index in [4.69, 9.17) is 0 Å². The van der Waals surface area contributed by atoms with Crippen molar-refractivity contribution in [3.05, 3.63) is 35.4 Å². The number of nitrogens with zero attached hydrogens (tertiary/aromatic N) is 1. The first-order valence-electron chi connectivity index (χ1n) is 5.15. The molecule has 0 unspecified atom stereocenters. The highest BCUT2D eigenvalue weighted by molar-refractivity contribution is 5.74. The van der Waals surface area contributed by atoms with E-state index in [1.807, 2.05) is 18.2 Å². The summed E-state index contributed by atoms with van der Waals surface area (Å²) in [7, 11) is 0. The van der Waals surface area contributed by atoms with Crippen LogP contribution in [-0.4, -0.2) is 30.8 Å².